The van der Waals surface area contributed by atoms with Crippen LogP contribution in [0.2, 0.25) is 0 Å². The molecule has 2 nitrogen and oxygen atoms in total. The van der Waals surface area contributed by atoms with Crippen molar-refractivity contribution in [2.75, 3.05) is 20.1 Å². The van der Waals surface area contributed by atoms with Crippen LogP contribution in [0.3, 0.4) is 0 Å². The lowest BCUT2D eigenvalue weighted by Gasteiger charge is -2.29. The molecule has 1 aliphatic rings. The smallest absolute Gasteiger partial charge is 0.163 e. The number of benzene rings is 1. The first-order valence-corrected chi connectivity index (χ1v) is 7.38. The van der Waals surface area contributed by atoms with Crippen LogP contribution >= 0.6 is 0 Å². The Morgan fingerprint density at radius 3 is 2.50 bits per heavy atom. The maximum atomic E-state index is 13.9. The molecule has 112 valence electrons. The number of likely N-dealkylation sites (N-methyl/N-ethyl adjacent to an activating group) is 1. The molecule has 4 heteroatoms. The molecule has 2 rings (SSSR count). The fourth-order valence-corrected chi connectivity index (χ4v) is 2.65. The van der Waals surface area contributed by atoms with Crippen molar-refractivity contribution in [1.29, 1.82) is 0 Å². The maximum Gasteiger partial charge on any atom is 0.163 e. The molecule has 1 aliphatic carbocycles. The third kappa shape index (κ3) is 3.76. The zero-order valence-electron chi connectivity index (χ0n) is 12.5. The van der Waals surface area contributed by atoms with Crippen LogP contribution in [-0.4, -0.2) is 31.1 Å². The van der Waals surface area contributed by atoms with Crippen molar-refractivity contribution in [3.8, 4) is 0 Å². The van der Waals surface area contributed by atoms with Crippen molar-refractivity contribution in [3.63, 3.8) is 0 Å². The van der Waals surface area contributed by atoms with Gasteiger partial charge in [-0.15, -0.1) is 0 Å². The van der Waals surface area contributed by atoms with E-state index in [1.807, 2.05) is 0 Å². The van der Waals surface area contributed by atoms with Crippen LogP contribution in [0.25, 0.3) is 0 Å². The van der Waals surface area contributed by atoms with Crippen molar-refractivity contribution in [2.24, 2.45) is 5.92 Å². The van der Waals surface area contributed by atoms with Gasteiger partial charge in [-0.05, 0) is 31.9 Å². The standard InChI is InChI=1S/C16H24F2N2/c1-11(2)9-20(12-7-8-12)10-15(19-3)13-5-4-6-14(17)16(13)18/h4-6,11-12,15,19H,7-10H2,1-3H3. The average molecular weight is 282 g/mol. The van der Waals surface area contributed by atoms with Crippen molar-refractivity contribution in [3.05, 3.63) is 35.4 Å². The molecule has 1 N–H and O–H groups in total. The van der Waals surface area contributed by atoms with Crippen molar-refractivity contribution >= 4 is 0 Å². The Morgan fingerprint density at radius 2 is 1.95 bits per heavy atom. The Morgan fingerprint density at radius 1 is 1.25 bits per heavy atom. The Bertz CT molecular complexity index is 444. The van der Waals surface area contributed by atoms with Gasteiger partial charge in [0.25, 0.3) is 0 Å². The molecule has 0 bridgehead atoms. The normalized spacial score (nSPS) is 16.9. The summed E-state index contributed by atoms with van der Waals surface area (Å²) in [7, 11) is 1.80. The number of hydrogen-bond donors (Lipinski definition) is 1. The molecule has 0 saturated heterocycles. The van der Waals surface area contributed by atoms with E-state index < -0.39 is 11.6 Å². The summed E-state index contributed by atoms with van der Waals surface area (Å²) in [4.78, 5) is 2.40. The van der Waals surface area contributed by atoms with Gasteiger partial charge in [0, 0.05) is 30.7 Å². The van der Waals surface area contributed by atoms with Gasteiger partial charge >= 0.3 is 0 Å². The molecular formula is C16H24F2N2. The third-order valence-electron chi connectivity index (χ3n) is 3.79. The van der Waals surface area contributed by atoms with Crippen molar-refractivity contribution < 1.29 is 8.78 Å². The molecule has 0 amide bonds. The predicted octanol–water partition coefficient (Wildman–Crippen LogP) is 3.35. The lowest BCUT2D eigenvalue weighted by molar-refractivity contribution is 0.210. The van der Waals surface area contributed by atoms with Gasteiger partial charge in [-0.1, -0.05) is 26.0 Å². The summed E-state index contributed by atoms with van der Waals surface area (Å²) in [5.74, 6) is -0.929. The second-order valence-corrected chi connectivity index (χ2v) is 6.06. The molecule has 1 fully saturated rings. The second-order valence-electron chi connectivity index (χ2n) is 6.06. The van der Waals surface area contributed by atoms with E-state index in [0.29, 0.717) is 17.5 Å². The Labute approximate surface area is 120 Å². The quantitative estimate of drug-likeness (QED) is 0.825. The lowest BCUT2D eigenvalue weighted by Crippen LogP contribution is -2.38. The molecular weight excluding hydrogens is 258 g/mol. The maximum absolute atomic E-state index is 13.9. The molecule has 1 saturated carbocycles. The Hall–Kier alpha value is -1.00. The van der Waals surface area contributed by atoms with Crippen LogP contribution < -0.4 is 5.32 Å². The van der Waals surface area contributed by atoms with Crippen LogP contribution in [-0.2, 0) is 0 Å². The highest BCUT2D eigenvalue weighted by molar-refractivity contribution is 5.23. The Kier molecular flexibility index (Phi) is 5.11. The van der Waals surface area contributed by atoms with Gasteiger partial charge in [0.2, 0.25) is 0 Å². The monoisotopic (exact) mass is 282 g/mol. The summed E-state index contributed by atoms with van der Waals surface area (Å²) in [5.41, 5.74) is 0.418. The highest BCUT2D eigenvalue weighted by atomic mass is 19.2. The van der Waals surface area contributed by atoms with E-state index in [0.717, 1.165) is 13.1 Å². The average Bonchev–Trinajstić information content (AvgIpc) is 3.22. The number of rotatable bonds is 7. The molecule has 0 radical (unpaired) electrons. The van der Waals surface area contributed by atoms with Gasteiger partial charge in [-0.3, -0.25) is 4.90 Å². The van der Waals surface area contributed by atoms with Crippen LogP contribution in [0, 0.1) is 17.6 Å². The molecule has 0 aromatic heterocycles. The molecule has 0 aliphatic heterocycles. The first-order chi connectivity index (χ1) is 9.52. The fourth-order valence-electron chi connectivity index (χ4n) is 2.65. The van der Waals surface area contributed by atoms with E-state index in [2.05, 4.69) is 24.1 Å². The SMILES string of the molecule is CNC(CN(CC(C)C)C1CC1)c1cccc(F)c1F. The number of nitrogens with one attached hydrogen (secondary N) is 1. The summed E-state index contributed by atoms with van der Waals surface area (Å²) in [6.07, 6.45) is 2.43. The zero-order valence-corrected chi connectivity index (χ0v) is 12.5. The van der Waals surface area contributed by atoms with E-state index in [1.165, 1.54) is 18.9 Å². The molecule has 1 atom stereocenters. The predicted molar refractivity (Wildman–Crippen MR) is 77.6 cm³/mol. The van der Waals surface area contributed by atoms with Gasteiger partial charge in [0.05, 0.1) is 0 Å². The second kappa shape index (κ2) is 6.64. The minimum absolute atomic E-state index is 0.176. The van der Waals surface area contributed by atoms with Crippen LogP contribution in [0.15, 0.2) is 18.2 Å². The minimum Gasteiger partial charge on any atom is -0.312 e. The highest BCUT2D eigenvalue weighted by Gasteiger charge is 2.31. The summed E-state index contributed by atoms with van der Waals surface area (Å²) >= 11 is 0. The van der Waals surface area contributed by atoms with Gasteiger partial charge in [0.1, 0.15) is 0 Å². The lowest BCUT2D eigenvalue weighted by atomic mass is 10.0. The largest absolute Gasteiger partial charge is 0.312 e. The van der Waals surface area contributed by atoms with Crippen molar-refractivity contribution in [1.82, 2.24) is 10.2 Å². The van der Waals surface area contributed by atoms with Crippen molar-refractivity contribution in [2.45, 2.75) is 38.8 Å². The minimum atomic E-state index is -0.774. The molecule has 1 aromatic rings. The van der Waals surface area contributed by atoms with Gasteiger partial charge in [0.15, 0.2) is 11.6 Å². The Balaban J connectivity index is 2.12. The van der Waals surface area contributed by atoms with E-state index in [4.69, 9.17) is 0 Å². The summed E-state index contributed by atoms with van der Waals surface area (Å²) in [6.45, 7) is 6.10. The number of hydrogen-bond acceptors (Lipinski definition) is 2. The van der Waals surface area contributed by atoms with Crippen LogP contribution in [0.1, 0.15) is 38.3 Å². The van der Waals surface area contributed by atoms with E-state index in [9.17, 15) is 8.78 Å². The van der Waals surface area contributed by atoms with Gasteiger partial charge in [-0.25, -0.2) is 8.78 Å². The topological polar surface area (TPSA) is 15.3 Å². The first kappa shape index (κ1) is 15.4. The van der Waals surface area contributed by atoms with E-state index >= 15 is 0 Å². The zero-order chi connectivity index (χ0) is 14.7. The van der Waals surface area contributed by atoms with Crippen LogP contribution in [0.4, 0.5) is 8.78 Å². The molecule has 0 spiro atoms. The molecule has 1 aromatic carbocycles. The summed E-state index contributed by atoms with van der Waals surface area (Å²) < 4.78 is 27.3. The first-order valence-electron chi connectivity index (χ1n) is 7.38. The van der Waals surface area contributed by atoms with E-state index in [-0.39, 0.29) is 6.04 Å². The summed E-state index contributed by atoms with van der Waals surface area (Å²) in [5, 5.41) is 3.12. The number of halogens is 2. The highest BCUT2D eigenvalue weighted by Crippen LogP contribution is 2.30. The van der Waals surface area contributed by atoms with E-state index in [1.54, 1.807) is 19.2 Å². The molecule has 20 heavy (non-hydrogen) atoms. The van der Waals surface area contributed by atoms with Gasteiger partial charge in [-0.2, -0.15) is 0 Å². The molecule has 0 heterocycles. The van der Waals surface area contributed by atoms with Gasteiger partial charge < -0.3 is 5.32 Å². The fraction of sp³-hybridized carbons (Fsp3) is 0.625. The third-order valence-corrected chi connectivity index (χ3v) is 3.79. The number of nitrogens with zero attached hydrogens (tertiary/aromatic N) is 1. The van der Waals surface area contributed by atoms with Crippen LogP contribution in [0.5, 0.6) is 0 Å². The summed E-state index contributed by atoms with van der Waals surface area (Å²) in [6, 6.07) is 4.84. The molecule has 1 unspecified atom stereocenters.